The lowest BCUT2D eigenvalue weighted by molar-refractivity contribution is 0.0945. The summed E-state index contributed by atoms with van der Waals surface area (Å²) in [4.78, 5) is 12.6. The van der Waals surface area contributed by atoms with Gasteiger partial charge in [0.25, 0.3) is 5.91 Å². The van der Waals surface area contributed by atoms with Gasteiger partial charge in [0.2, 0.25) is 0 Å². The second-order valence-electron chi connectivity index (χ2n) is 7.40. The Morgan fingerprint density at radius 3 is 2.10 bits per heavy atom. The topological polar surface area (TPSA) is 56.1 Å². The van der Waals surface area contributed by atoms with Crippen LogP contribution in [0.25, 0.3) is 5.69 Å². The summed E-state index contributed by atoms with van der Waals surface area (Å²) >= 11 is 0. The first-order chi connectivity index (χ1) is 15.2. The zero-order valence-electron chi connectivity index (χ0n) is 17.5. The van der Waals surface area contributed by atoms with Crippen LogP contribution in [0.5, 0.6) is 0 Å². The number of hydrogen-bond acceptors (Lipinski definition) is 3. The Balaban J connectivity index is 1.29. The summed E-state index contributed by atoms with van der Waals surface area (Å²) in [7, 11) is 0. The maximum Gasteiger partial charge on any atom is 0.272 e. The Morgan fingerprint density at radius 2 is 1.42 bits per heavy atom. The third-order valence-corrected chi connectivity index (χ3v) is 4.98. The number of aryl methyl sites for hydroxylation is 1. The molecule has 0 aliphatic carbocycles. The maximum atomic E-state index is 12.6. The monoisotopic (exact) mass is 411 g/mol. The molecule has 0 aliphatic heterocycles. The molecule has 156 valence electrons. The first-order valence-electron chi connectivity index (χ1n) is 10.3. The summed E-state index contributed by atoms with van der Waals surface area (Å²) in [6.07, 6.45) is 0. The van der Waals surface area contributed by atoms with Crippen molar-refractivity contribution in [2.45, 2.75) is 26.7 Å². The molecule has 0 aliphatic rings. The van der Waals surface area contributed by atoms with Gasteiger partial charge in [0, 0.05) is 12.2 Å². The molecule has 0 saturated carbocycles. The van der Waals surface area contributed by atoms with E-state index < -0.39 is 0 Å². The third-order valence-electron chi connectivity index (χ3n) is 4.98. The van der Waals surface area contributed by atoms with Gasteiger partial charge in [-0.2, -0.15) is 5.10 Å². The summed E-state index contributed by atoms with van der Waals surface area (Å²) in [5.41, 5.74) is 5.54. The molecule has 3 aromatic carbocycles. The Bertz CT molecular complexity index is 1120. The van der Waals surface area contributed by atoms with Crippen molar-refractivity contribution in [1.82, 2.24) is 15.1 Å². The molecule has 31 heavy (non-hydrogen) atoms. The Kier molecular flexibility index (Phi) is 6.55. The second-order valence-corrected chi connectivity index (χ2v) is 7.40. The molecule has 1 amide bonds. The highest BCUT2D eigenvalue weighted by Gasteiger charge is 2.13. The third kappa shape index (κ3) is 5.47. The number of rotatable bonds is 8. The van der Waals surface area contributed by atoms with E-state index in [0.717, 1.165) is 28.1 Å². The van der Waals surface area contributed by atoms with E-state index in [1.54, 1.807) is 10.7 Å². The van der Waals surface area contributed by atoms with Crippen LogP contribution in [0.15, 0.2) is 91.0 Å². The zero-order chi connectivity index (χ0) is 21.5. The predicted octanol–water partition coefficient (Wildman–Crippen LogP) is 4.83. The number of hydrogen-bond donors (Lipinski definition) is 1. The van der Waals surface area contributed by atoms with Crippen LogP contribution in [-0.2, 0) is 24.5 Å². The van der Waals surface area contributed by atoms with E-state index in [4.69, 9.17) is 4.74 Å². The van der Waals surface area contributed by atoms with Crippen molar-refractivity contribution in [1.29, 1.82) is 0 Å². The molecule has 4 rings (SSSR count). The minimum absolute atomic E-state index is 0.187. The largest absolute Gasteiger partial charge is 0.372 e. The number of carbonyl (C=O) groups excluding carboxylic acids is 1. The average molecular weight is 412 g/mol. The van der Waals surface area contributed by atoms with Gasteiger partial charge in [0.15, 0.2) is 5.69 Å². The molecule has 0 fully saturated rings. The Morgan fingerprint density at radius 1 is 0.839 bits per heavy atom. The van der Waals surface area contributed by atoms with Crippen molar-refractivity contribution in [3.05, 3.63) is 119 Å². The molecular weight excluding hydrogens is 386 g/mol. The molecule has 1 heterocycles. The molecule has 5 nitrogen and oxygen atoms in total. The van der Waals surface area contributed by atoms with Crippen molar-refractivity contribution in [3.63, 3.8) is 0 Å². The summed E-state index contributed by atoms with van der Waals surface area (Å²) in [6.45, 7) is 3.53. The van der Waals surface area contributed by atoms with Crippen molar-refractivity contribution in [3.8, 4) is 5.69 Å². The normalized spacial score (nSPS) is 10.7. The van der Waals surface area contributed by atoms with Gasteiger partial charge < -0.3 is 10.1 Å². The fourth-order valence-corrected chi connectivity index (χ4v) is 3.30. The molecular formula is C26H25N3O2. The molecule has 0 atom stereocenters. The van der Waals surface area contributed by atoms with Crippen molar-refractivity contribution in [2.24, 2.45) is 0 Å². The van der Waals surface area contributed by atoms with Crippen LogP contribution in [-0.4, -0.2) is 15.7 Å². The molecule has 5 heteroatoms. The van der Waals surface area contributed by atoms with Crippen LogP contribution in [0, 0.1) is 6.92 Å². The predicted molar refractivity (Wildman–Crippen MR) is 121 cm³/mol. The highest BCUT2D eigenvalue weighted by atomic mass is 16.5. The standard InChI is InChI=1S/C26H25N3O2/c1-20-16-25(28-29(20)24-10-6-3-7-11-24)26(30)27-17-21-12-14-23(15-13-21)19-31-18-22-8-4-2-5-9-22/h2-16H,17-19H2,1H3,(H,27,30). The van der Waals surface area contributed by atoms with Crippen LogP contribution in [0.2, 0.25) is 0 Å². The smallest absolute Gasteiger partial charge is 0.272 e. The highest BCUT2D eigenvalue weighted by molar-refractivity contribution is 5.92. The van der Waals surface area contributed by atoms with Crippen molar-refractivity contribution in [2.75, 3.05) is 0 Å². The number of amides is 1. The van der Waals surface area contributed by atoms with E-state index in [2.05, 4.69) is 22.5 Å². The summed E-state index contributed by atoms with van der Waals surface area (Å²) in [6, 6.07) is 29.8. The number of carbonyl (C=O) groups is 1. The average Bonchev–Trinajstić information content (AvgIpc) is 3.21. The molecule has 1 N–H and O–H groups in total. The summed E-state index contributed by atoms with van der Waals surface area (Å²) in [5.74, 6) is -0.187. The lowest BCUT2D eigenvalue weighted by Gasteiger charge is -2.07. The van der Waals surface area contributed by atoms with E-state index >= 15 is 0 Å². The van der Waals surface area contributed by atoms with Crippen molar-refractivity contribution < 1.29 is 9.53 Å². The number of benzene rings is 3. The molecule has 0 radical (unpaired) electrons. The molecule has 0 unspecified atom stereocenters. The number of nitrogens with one attached hydrogen (secondary N) is 1. The van der Waals surface area contributed by atoms with Crippen LogP contribution in [0.3, 0.4) is 0 Å². The van der Waals surface area contributed by atoms with Gasteiger partial charge in [0.05, 0.1) is 18.9 Å². The molecule has 1 aromatic heterocycles. The van der Waals surface area contributed by atoms with E-state index in [-0.39, 0.29) is 5.91 Å². The van der Waals surface area contributed by atoms with E-state index in [9.17, 15) is 4.79 Å². The van der Waals surface area contributed by atoms with Crippen molar-refractivity contribution >= 4 is 5.91 Å². The molecule has 0 saturated heterocycles. The first-order valence-corrected chi connectivity index (χ1v) is 10.3. The van der Waals surface area contributed by atoms with Crippen LogP contribution in [0.1, 0.15) is 32.9 Å². The Labute approximate surface area is 182 Å². The van der Waals surface area contributed by atoms with Gasteiger partial charge in [-0.3, -0.25) is 4.79 Å². The second kappa shape index (κ2) is 9.87. The fourth-order valence-electron chi connectivity index (χ4n) is 3.30. The van der Waals surface area contributed by atoms with Gasteiger partial charge in [-0.15, -0.1) is 0 Å². The first kappa shape index (κ1) is 20.6. The van der Waals surface area contributed by atoms with E-state index in [1.165, 1.54) is 0 Å². The fraction of sp³-hybridized carbons (Fsp3) is 0.154. The number of aromatic nitrogens is 2. The van der Waals surface area contributed by atoms with Gasteiger partial charge >= 0.3 is 0 Å². The highest BCUT2D eigenvalue weighted by Crippen LogP contribution is 2.12. The SMILES string of the molecule is Cc1cc(C(=O)NCc2ccc(COCc3ccccc3)cc2)nn1-c1ccccc1. The summed E-state index contributed by atoms with van der Waals surface area (Å²) in [5, 5.41) is 7.40. The minimum Gasteiger partial charge on any atom is -0.372 e. The van der Waals surface area contributed by atoms with Crippen LogP contribution < -0.4 is 5.32 Å². The molecule has 0 bridgehead atoms. The minimum atomic E-state index is -0.187. The lowest BCUT2D eigenvalue weighted by Crippen LogP contribution is -2.23. The van der Waals surface area contributed by atoms with Gasteiger partial charge in [-0.05, 0) is 41.8 Å². The molecule has 4 aromatic rings. The van der Waals surface area contributed by atoms with Crippen LogP contribution in [0.4, 0.5) is 0 Å². The number of para-hydroxylation sites is 1. The van der Waals surface area contributed by atoms with Crippen LogP contribution >= 0.6 is 0 Å². The van der Waals surface area contributed by atoms with E-state index in [1.807, 2.05) is 79.7 Å². The van der Waals surface area contributed by atoms with Gasteiger partial charge in [0.1, 0.15) is 0 Å². The zero-order valence-corrected chi connectivity index (χ0v) is 17.5. The number of nitrogens with zero attached hydrogens (tertiary/aromatic N) is 2. The Hall–Kier alpha value is -3.70. The lowest BCUT2D eigenvalue weighted by atomic mass is 10.1. The summed E-state index contributed by atoms with van der Waals surface area (Å²) < 4.78 is 7.55. The van der Waals surface area contributed by atoms with Gasteiger partial charge in [-0.25, -0.2) is 4.68 Å². The number of ether oxygens (including phenoxy) is 1. The van der Waals surface area contributed by atoms with E-state index in [0.29, 0.717) is 25.5 Å². The quantitative estimate of drug-likeness (QED) is 0.452. The maximum absolute atomic E-state index is 12.6. The molecule has 0 spiro atoms. The van der Waals surface area contributed by atoms with Gasteiger partial charge in [-0.1, -0.05) is 72.8 Å².